The number of ether oxygens (including phenoxy) is 1. The minimum atomic E-state index is 0.359. The molecule has 1 aliphatic rings. The molecule has 5 atom stereocenters. The van der Waals surface area contributed by atoms with Crippen LogP contribution in [0.2, 0.25) is 0 Å². The molecule has 0 radical (unpaired) electrons. The molecule has 0 saturated carbocycles. The van der Waals surface area contributed by atoms with Gasteiger partial charge in [0.15, 0.2) is 0 Å². The Morgan fingerprint density at radius 3 is 2.63 bits per heavy atom. The van der Waals surface area contributed by atoms with Crippen molar-refractivity contribution in [3.05, 3.63) is 22.4 Å². The molecule has 0 aromatic carbocycles. The van der Waals surface area contributed by atoms with Gasteiger partial charge in [-0.05, 0) is 61.5 Å². The van der Waals surface area contributed by atoms with Crippen molar-refractivity contribution < 1.29 is 4.74 Å². The van der Waals surface area contributed by atoms with E-state index in [1.807, 2.05) is 0 Å². The van der Waals surface area contributed by atoms with Crippen LogP contribution in [0.3, 0.4) is 0 Å². The average Bonchev–Trinajstić information content (AvgIpc) is 2.95. The van der Waals surface area contributed by atoms with E-state index in [1.54, 1.807) is 11.3 Å². The quantitative estimate of drug-likeness (QED) is 0.858. The second-order valence-electron chi connectivity index (χ2n) is 5.88. The summed E-state index contributed by atoms with van der Waals surface area (Å²) in [4.78, 5) is 0. The summed E-state index contributed by atoms with van der Waals surface area (Å²) in [6, 6.07) is 2.78. The Kier molecular flexibility index (Phi) is 5.43. The Bertz CT molecular complexity index is 365. The van der Waals surface area contributed by atoms with E-state index in [1.165, 1.54) is 12.0 Å². The first-order valence-electron chi connectivity index (χ1n) is 7.53. The van der Waals surface area contributed by atoms with Crippen LogP contribution in [-0.4, -0.2) is 24.8 Å². The molecule has 0 spiro atoms. The van der Waals surface area contributed by atoms with Gasteiger partial charge in [0.2, 0.25) is 0 Å². The Morgan fingerprint density at radius 2 is 2.11 bits per heavy atom. The van der Waals surface area contributed by atoms with Gasteiger partial charge >= 0.3 is 0 Å². The molecule has 1 aliphatic heterocycles. The first-order chi connectivity index (χ1) is 9.13. The van der Waals surface area contributed by atoms with Crippen molar-refractivity contribution in [1.82, 2.24) is 5.32 Å². The number of rotatable bonds is 6. The Hall–Kier alpha value is -0.380. The topological polar surface area (TPSA) is 21.3 Å². The maximum Gasteiger partial charge on any atom is 0.0597 e. The summed E-state index contributed by atoms with van der Waals surface area (Å²) >= 11 is 1.79. The monoisotopic (exact) mass is 281 g/mol. The van der Waals surface area contributed by atoms with Crippen LogP contribution in [0.4, 0.5) is 0 Å². The highest BCUT2D eigenvalue weighted by atomic mass is 32.1. The van der Waals surface area contributed by atoms with E-state index in [-0.39, 0.29) is 0 Å². The molecular weight excluding hydrogens is 254 g/mol. The van der Waals surface area contributed by atoms with E-state index in [9.17, 15) is 0 Å². The van der Waals surface area contributed by atoms with Gasteiger partial charge in [0.1, 0.15) is 0 Å². The number of hydrogen-bond acceptors (Lipinski definition) is 3. The third kappa shape index (κ3) is 3.59. The minimum Gasteiger partial charge on any atom is -0.375 e. The summed E-state index contributed by atoms with van der Waals surface area (Å²) in [5.41, 5.74) is 1.46. The maximum atomic E-state index is 6.03. The van der Waals surface area contributed by atoms with Crippen molar-refractivity contribution >= 4 is 11.3 Å². The molecule has 3 heteroatoms. The van der Waals surface area contributed by atoms with Crippen LogP contribution in [-0.2, 0) is 11.2 Å². The molecule has 1 fully saturated rings. The largest absolute Gasteiger partial charge is 0.375 e. The van der Waals surface area contributed by atoms with Crippen molar-refractivity contribution in [3.8, 4) is 0 Å². The fourth-order valence-electron chi connectivity index (χ4n) is 3.32. The fourth-order valence-corrected chi connectivity index (χ4v) is 4.01. The predicted octanol–water partition coefficient (Wildman–Crippen LogP) is 3.72. The van der Waals surface area contributed by atoms with Gasteiger partial charge in [0.05, 0.1) is 12.2 Å². The molecule has 2 nitrogen and oxygen atoms in total. The molecule has 0 bridgehead atoms. The van der Waals surface area contributed by atoms with Crippen molar-refractivity contribution in [3.63, 3.8) is 0 Å². The van der Waals surface area contributed by atoms with Crippen LogP contribution in [0.15, 0.2) is 16.8 Å². The van der Waals surface area contributed by atoms with E-state index < -0.39 is 0 Å². The van der Waals surface area contributed by atoms with Crippen molar-refractivity contribution in [1.29, 1.82) is 0 Å². The lowest BCUT2D eigenvalue weighted by molar-refractivity contribution is 0.0476. The lowest BCUT2D eigenvalue weighted by Gasteiger charge is -2.30. The van der Waals surface area contributed by atoms with Crippen molar-refractivity contribution in [2.75, 3.05) is 6.54 Å². The Labute approximate surface area is 121 Å². The van der Waals surface area contributed by atoms with Gasteiger partial charge < -0.3 is 10.1 Å². The average molecular weight is 281 g/mol. The molecule has 0 aliphatic carbocycles. The van der Waals surface area contributed by atoms with Gasteiger partial charge in [-0.2, -0.15) is 11.3 Å². The summed E-state index contributed by atoms with van der Waals surface area (Å²) in [6.07, 6.45) is 3.05. The third-order valence-electron chi connectivity index (χ3n) is 4.48. The maximum absolute atomic E-state index is 6.03. The van der Waals surface area contributed by atoms with Crippen LogP contribution in [0.25, 0.3) is 0 Å². The molecule has 108 valence electrons. The minimum absolute atomic E-state index is 0.359. The second kappa shape index (κ2) is 6.87. The molecular formula is C16H27NOS. The number of nitrogens with one attached hydrogen (secondary N) is 1. The van der Waals surface area contributed by atoms with Crippen LogP contribution in [0.1, 0.15) is 39.7 Å². The zero-order valence-electron chi connectivity index (χ0n) is 12.6. The van der Waals surface area contributed by atoms with Gasteiger partial charge in [0.25, 0.3) is 0 Å². The van der Waals surface area contributed by atoms with Gasteiger partial charge in [-0.25, -0.2) is 0 Å². The van der Waals surface area contributed by atoms with Gasteiger partial charge in [-0.15, -0.1) is 0 Å². The molecule has 2 rings (SSSR count). The Balaban J connectivity index is 2.07. The number of thiophene rings is 1. The Morgan fingerprint density at radius 1 is 1.32 bits per heavy atom. The molecule has 1 saturated heterocycles. The molecule has 19 heavy (non-hydrogen) atoms. The lowest BCUT2D eigenvalue weighted by Crippen LogP contribution is -2.43. The summed E-state index contributed by atoms with van der Waals surface area (Å²) in [5, 5.41) is 8.20. The third-order valence-corrected chi connectivity index (χ3v) is 5.21. The highest BCUT2D eigenvalue weighted by Gasteiger charge is 2.41. The molecule has 0 amide bonds. The molecule has 1 N–H and O–H groups in total. The molecule has 1 aromatic rings. The van der Waals surface area contributed by atoms with E-state index in [0.29, 0.717) is 30.1 Å². The SMILES string of the molecule is CCCNC(Cc1ccsc1)C1C(C)OC(C)C1C. The van der Waals surface area contributed by atoms with Gasteiger partial charge in [-0.1, -0.05) is 13.8 Å². The summed E-state index contributed by atoms with van der Waals surface area (Å²) < 4.78 is 6.03. The van der Waals surface area contributed by atoms with Crippen LogP contribution in [0.5, 0.6) is 0 Å². The van der Waals surface area contributed by atoms with Crippen LogP contribution >= 0.6 is 11.3 Å². The van der Waals surface area contributed by atoms with Crippen LogP contribution in [0, 0.1) is 11.8 Å². The highest BCUT2D eigenvalue weighted by Crippen LogP contribution is 2.35. The smallest absolute Gasteiger partial charge is 0.0597 e. The summed E-state index contributed by atoms with van der Waals surface area (Å²) in [5.74, 6) is 1.24. The van der Waals surface area contributed by atoms with Gasteiger partial charge in [-0.3, -0.25) is 0 Å². The highest BCUT2D eigenvalue weighted by molar-refractivity contribution is 7.07. The predicted molar refractivity (Wildman–Crippen MR) is 82.8 cm³/mol. The van der Waals surface area contributed by atoms with Gasteiger partial charge in [0, 0.05) is 12.0 Å². The van der Waals surface area contributed by atoms with E-state index in [2.05, 4.69) is 49.8 Å². The zero-order chi connectivity index (χ0) is 13.8. The van der Waals surface area contributed by atoms with E-state index in [0.717, 1.165) is 13.0 Å². The first-order valence-corrected chi connectivity index (χ1v) is 8.47. The first kappa shape index (κ1) is 15.0. The zero-order valence-corrected chi connectivity index (χ0v) is 13.4. The van der Waals surface area contributed by atoms with E-state index >= 15 is 0 Å². The standard InChI is InChI=1S/C16H27NOS/c1-5-7-17-15(9-14-6-8-19-10-14)16-11(2)12(3)18-13(16)4/h6,8,10-13,15-17H,5,7,9H2,1-4H3. The normalized spacial score (nSPS) is 32.6. The molecule has 5 unspecified atom stereocenters. The van der Waals surface area contributed by atoms with E-state index in [4.69, 9.17) is 4.74 Å². The van der Waals surface area contributed by atoms with Crippen LogP contribution < -0.4 is 5.32 Å². The summed E-state index contributed by atoms with van der Waals surface area (Å²) in [7, 11) is 0. The number of hydrogen-bond donors (Lipinski definition) is 1. The lowest BCUT2D eigenvalue weighted by atomic mass is 9.81. The van der Waals surface area contributed by atoms with Crippen molar-refractivity contribution in [2.45, 2.75) is 58.8 Å². The van der Waals surface area contributed by atoms with Crippen molar-refractivity contribution in [2.24, 2.45) is 11.8 Å². The molecule has 1 aromatic heterocycles. The summed E-state index contributed by atoms with van der Waals surface area (Å²) in [6.45, 7) is 10.1. The second-order valence-corrected chi connectivity index (χ2v) is 6.66. The fraction of sp³-hybridized carbons (Fsp3) is 0.750. The molecule has 2 heterocycles.